The number of amides is 1. The third-order valence-electron chi connectivity index (χ3n) is 3.16. The monoisotopic (exact) mass is 284 g/mol. The van der Waals surface area contributed by atoms with Crippen LogP contribution < -0.4 is 5.73 Å². The molecule has 1 saturated heterocycles. The Morgan fingerprint density at radius 2 is 1.79 bits per heavy atom. The zero-order valence-corrected chi connectivity index (χ0v) is 12.1. The molecule has 1 aliphatic rings. The van der Waals surface area contributed by atoms with Crippen molar-refractivity contribution in [1.29, 1.82) is 0 Å². The number of benzene rings is 1. The molecule has 1 aromatic rings. The van der Waals surface area contributed by atoms with Crippen LogP contribution in [-0.2, 0) is 9.53 Å². The summed E-state index contributed by atoms with van der Waals surface area (Å²) in [6, 6.07) is 8.90. The molecule has 1 aliphatic heterocycles. The first kappa shape index (κ1) is 16.0. The van der Waals surface area contributed by atoms with Gasteiger partial charge in [-0.3, -0.25) is 4.79 Å². The first-order chi connectivity index (χ1) is 8.58. The summed E-state index contributed by atoms with van der Waals surface area (Å²) in [6.45, 7) is 5.18. The van der Waals surface area contributed by atoms with Crippen LogP contribution in [0.4, 0.5) is 0 Å². The van der Waals surface area contributed by atoms with Crippen LogP contribution in [0.2, 0.25) is 0 Å². The van der Waals surface area contributed by atoms with Crippen LogP contribution >= 0.6 is 12.4 Å². The van der Waals surface area contributed by atoms with Crippen molar-refractivity contribution in [2.75, 3.05) is 13.1 Å². The molecular weight excluding hydrogens is 264 g/mol. The fourth-order valence-electron chi connectivity index (χ4n) is 2.36. The van der Waals surface area contributed by atoms with E-state index >= 15 is 0 Å². The number of halogens is 1. The molecule has 0 radical (unpaired) electrons. The molecule has 2 N–H and O–H groups in total. The number of nitrogens with two attached hydrogens (primary N) is 1. The van der Waals surface area contributed by atoms with Crippen molar-refractivity contribution < 1.29 is 9.53 Å². The highest BCUT2D eigenvalue weighted by molar-refractivity contribution is 5.85. The van der Waals surface area contributed by atoms with Gasteiger partial charge in [0.2, 0.25) is 5.91 Å². The average molecular weight is 285 g/mol. The van der Waals surface area contributed by atoms with E-state index < -0.39 is 6.04 Å². The molecule has 0 aromatic heterocycles. The topological polar surface area (TPSA) is 55.6 Å². The van der Waals surface area contributed by atoms with E-state index in [1.54, 1.807) is 4.90 Å². The molecule has 1 heterocycles. The zero-order valence-electron chi connectivity index (χ0n) is 11.3. The van der Waals surface area contributed by atoms with Crippen LogP contribution in [0.25, 0.3) is 0 Å². The molecule has 5 heteroatoms. The molecule has 19 heavy (non-hydrogen) atoms. The first-order valence-corrected chi connectivity index (χ1v) is 6.32. The van der Waals surface area contributed by atoms with E-state index in [0.717, 1.165) is 5.56 Å². The second kappa shape index (κ2) is 6.89. The lowest BCUT2D eigenvalue weighted by Gasteiger charge is -2.36. The summed E-state index contributed by atoms with van der Waals surface area (Å²) in [6.07, 6.45) is 0.140. The SMILES string of the molecule is CC1CN(C(=O)C(N)c2ccccc2)CC(C)O1.Cl. The Bertz CT molecular complexity index is 403. The Kier molecular flexibility index (Phi) is 5.79. The first-order valence-electron chi connectivity index (χ1n) is 6.32. The van der Waals surface area contributed by atoms with E-state index in [-0.39, 0.29) is 30.5 Å². The largest absolute Gasteiger partial charge is 0.372 e. The molecule has 3 atom stereocenters. The predicted octanol–water partition coefficient (Wildman–Crippen LogP) is 1.74. The van der Waals surface area contributed by atoms with Gasteiger partial charge in [0.1, 0.15) is 6.04 Å². The Morgan fingerprint density at radius 3 is 2.32 bits per heavy atom. The van der Waals surface area contributed by atoms with Crippen molar-refractivity contribution in [3.8, 4) is 0 Å². The number of ether oxygens (including phenoxy) is 1. The number of nitrogens with zero attached hydrogens (tertiary/aromatic N) is 1. The fraction of sp³-hybridized carbons (Fsp3) is 0.500. The van der Waals surface area contributed by atoms with E-state index in [4.69, 9.17) is 10.5 Å². The van der Waals surface area contributed by atoms with Crippen molar-refractivity contribution in [2.45, 2.75) is 32.1 Å². The lowest BCUT2D eigenvalue weighted by molar-refractivity contribution is -0.144. The highest BCUT2D eigenvalue weighted by Crippen LogP contribution is 2.17. The molecule has 1 fully saturated rings. The van der Waals surface area contributed by atoms with Crippen LogP contribution in [0, 0.1) is 0 Å². The molecule has 0 aliphatic carbocycles. The van der Waals surface area contributed by atoms with Gasteiger partial charge in [0.15, 0.2) is 0 Å². The lowest BCUT2D eigenvalue weighted by Crippen LogP contribution is -2.50. The van der Waals surface area contributed by atoms with Crippen LogP contribution in [0.3, 0.4) is 0 Å². The van der Waals surface area contributed by atoms with Crippen molar-refractivity contribution in [1.82, 2.24) is 4.90 Å². The number of morpholine rings is 1. The maximum absolute atomic E-state index is 12.3. The van der Waals surface area contributed by atoms with Gasteiger partial charge in [-0.15, -0.1) is 12.4 Å². The van der Waals surface area contributed by atoms with Gasteiger partial charge < -0.3 is 15.4 Å². The van der Waals surface area contributed by atoms with Gasteiger partial charge in [0.05, 0.1) is 12.2 Å². The van der Waals surface area contributed by atoms with Crippen molar-refractivity contribution >= 4 is 18.3 Å². The number of carbonyl (C=O) groups is 1. The number of hydrogen-bond donors (Lipinski definition) is 1. The molecule has 2 rings (SSSR count). The quantitative estimate of drug-likeness (QED) is 0.900. The Balaban J connectivity index is 0.00000180. The molecule has 1 amide bonds. The van der Waals surface area contributed by atoms with E-state index in [0.29, 0.717) is 13.1 Å². The van der Waals surface area contributed by atoms with E-state index in [2.05, 4.69) is 0 Å². The molecule has 1 aromatic carbocycles. The van der Waals surface area contributed by atoms with Gasteiger partial charge in [0, 0.05) is 13.1 Å². The number of rotatable bonds is 2. The minimum Gasteiger partial charge on any atom is -0.372 e. The minimum absolute atomic E-state index is 0. The van der Waals surface area contributed by atoms with Crippen LogP contribution in [0.1, 0.15) is 25.5 Å². The van der Waals surface area contributed by atoms with Gasteiger partial charge in [-0.05, 0) is 19.4 Å². The van der Waals surface area contributed by atoms with Crippen LogP contribution in [0.15, 0.2) is 30.3 Å². The standard InChI is InChI=1S/C14H20N2O2.ClH/c1-10-8-16(9-11(2)18-10)14(17)13(15)12-6-4-3-5-7-12;/h3-7,10-11,13H,8-9,15H2,1-2H3;1H. The van der Waals surface area contributed by atoms with E-state index in [1.165, 1.54) is 0 Å². The Hall–Kier alpha value is -1.10. The summed E-state index contributed by atoms with van der Waals surface area (Å²) < 4.78 is 5.62. The molecule has 4 nitrogen and oxygen atoms in total. The second-order valence-corrected chi connectivity index (χ2v) is 4.89. The van der Waals surface area contributed by atoms with Gasteiger partial charge >= 0.3 is 0 Å². The summed E-state index contributed by atoms with van der Waals surface area (Å²) in [5.41, 5.74) is 6.88. The highest BCUT2D eigenvalue weighted by Gasteiger charge is 2.29. The molecule has 0 saturated carbocycles. The van der Waals surface area contributed by atoms with E-state index in [9.17, 15) is 4.79 Å². The second-order valence-electron chi connectivity index (χ2n) is 4.89. The Morgan fingerprint density at radius 1 is 1.26 bits per heavy atom. The number of hydrogen-bond acceptors (Lipinski definition) is 3. The maximum Gasteiger partial charge on any atom is 0.244 e. The summed E-state index contributed by atoms with van der Waals surface area (Å²) in [5.74, 6) is -0.0248. The normalized spacial score (nSPS) is 24.5. The molecule has 106 valence electrons. The third-order valence-corrected chi connectivity index (χ3v) is 3.16. The smallest absolute Gasteiger partial charge is 0.244 e. The third kappa shape index (κ3) is 3.93. The average Bonchev–Trinajstić information content (AvgIpc) is 2.37. The Labute approximate surface area is 120 Å². The maximum atomic E-state index is 12.3. The highest BCUT2D eigenvalue weighted by atomic mass is 35.5. The van der Waals surface area contributed by atoms with Crippen molar-refractivity contribution in [3.63, 3.8) is 0 Å². The number of carbonyl (C=O) groups excluding carboxylic acids is 1. The van der Waals surface area contributed by atoms with Gasteiger partial charge in [-0.25, -0.2) is 0 Å². The zero-order chi connectivity index (χ0) is 13.1. The molecule has 0 spiro atoms. The van der Waals surface area contributed by atoms with Crippen LogP contribution in [0.5, 0.6) is 0 Å². The summed E-state index contributed by atoms with van der Waals surface area (Å²) >= 11 is 0. The van der Waals surface area contributed by atoms with Crippen molar-refractivity contribution in [3.05, 3.63) is 35.9 Å². The lowest BCUT2D eigenvalue weighted by atomic mass is 10.1. The van der Waals surface area contributed by atoms with E-state index in [1.807, 2.05) is 44.2 Å². The van der Waals surface area contributed by atoms with Gasteiger partial charge in [0.25, 0.3) is 0 Å². The fourth-order valence-corrected chi connectivity index (χ4v) is 2.36. The minimum atomic E-state index is -0.580. The molecule has 3 unspecified atom stereocenters. The molecule has 0 bridgehead atoms. The summed E-state index contributed by atoms with van der Waals surface area (Å²) in [5, 5.41) is 0. The van der Waals surface area contributed by atoms with Gasteiger partial charge in [-0.1, -0.05) is 30.3 Å². The summed E-state index contributed by atoms with van der Waals surface area (Å²) in [7, 11) is 0. The van der Waals surface area contributed by atoms with Crippen LogP contribution in [-0.4, -0.2) is 36.1 Å². The molecular formula is C14H21ClN2O2. The van der Waals surface area contributed by atoms with Gasteiger partial charge in [-0.2, -0.15) is 0 Å². The summed E-state index contributed by atoms with van der Waals surface area (Å²) in [4.78, 5) is 14.1. The van der Waals surface area contributed by atoms with Crippen molar-refractivity contribution in [2.24, 2.45) is 5.73 Å². The predicted molar refractivity (Wildman–Crippen MR) is 77.2 cm³/mol.